The number of pyridine rings is 1. The van der Waals surface area contributed by atoms with Gasteiger partial charge in [0.2, 0.25) is 0 Å². The van der Waals surface area contributed by atoms with Crippen LogP contribution in [0.25, 0.3) is 17.0 Å². The molecule has 2 aromatic heterocycles. The number of hydrogen-bond acceptors (Lipinski definition) is 3. The highest BCUT2D eigenvalue weighted by Crippen LogP contribution is 2.26. The van der Waals surface area contributed by atoms with Crippen molar-refractivity contribution in [1.29, 1.82) is 0 Å². The highest BCUT2D eigenvalue weighted by molar-refractivity contribution is 6.30. The summed E-state index contributed by atoms with van der Waals surface area (Å²) >= 11 is 6.00. The molecule has 0 spiro atoms. The van der Waals surface area contributed by atoms with Crippen molar-refractivity contribution >= 4 is 17.3 Å². The van der Waals surface area contributed by atoms with Gasteiger partial charge >= 0.3 is 0 Å². The van der Waals surface area contributed by atoms with Gasteiger partial charge in [0.15, 0.2) is 5.82 Å². The third-order valence-electron chi connectivity index (χ3n) is 3.73. The Morgan fingerprint density at radius 2 is 2.04 bits per heavy atom. The Balaban J connectivity index is 2.10. The third kappa shape index (κ3) is 3.57. The van der Waals surface area contributed by atoms with Crippen LogP contribution in [0.4, 0.5) is 0 Å². The van der Waals surface area contributed by atoms with Crippen molar-refractivity contribution in [3.05, 3.63) is 77.0 Å². The molecule has 0 saturated heterocycles. The molecular weight excluding hydrogens is 332 g/mol. The van der Waals surface area contributed by atoms with E-state index in [9.17, 15) is 0 Å². The molecule has 25 heavy (non-hydrogen) atoms. The van der Waals surface area contributed by atoms with Gasteiger partial charge in [0.25, 0.3) is 0 Å². The van der Waals surface area contributed by atoms with Crippen LogP contribution in [0.15, 0.2) is 49.2 Å². The Kier molecular flexibility index (Phi) is 4.60. The minimum Gasteiger partial charge on any atom is -0.397 e. The van der Waals surface area contributed by atoms with Crippen LogP contribution in [0, 0.1) is 18.8 Å². The first-order valence-electron chi connectivity index (χ1n) is 7.68. The molecule has 0 aliphatic rings. The summed E-state index contributed by atoms with van der Waals surface area (Å²) in [5.41, 5.74) is 10.5. The number of halogens is 1. The van der Waals surface area contributed by atoms with Gasteiger partial charge in [-0.2, -0.15) is 0 Å². The maximum atomic E-state index is 6.00. The van der Waals surface area contributed by atoms with E-state index < -0.39 is 0 Å². The molecule has 1 aromatic carbocycles. The van der Waals surface area contributed by atoms with Crippen molar-refractivity contribution in [3.63, 3.8) is 0 Å². The molecule has 2 heterocycles. The molecule has 0 aliphatic carbocycles. The van der Waals surface area contributed by atoms with E-state index in [1.54, 1.807) is 6.20 Å². The number of nitrogens with two attached hydrogens (primary N) is 1. The van der Waals surface area contributed by atoms with E-state index in [4.69, 9.17) is 17.3 Å². The van der Waals surface area contributed by atoms with Crippen LogP contribution >= 0.6 is 11.6 Å². The molecule has 0 fully saturated rings. The lowest BCUT2D eigenvalue weighted by Crippen LogP contribution is -2.00. The molecule has 3 aromatic rings. The van der Waals surface area contributed by atoms with E-state index in [-0.39, 0.29) is 0 Å². The molecule has 0 aliphatic heterocycles. The van der Waals surface area contributed by atoms with Crippen LogP contribution in [0.2, 0.25) is 5.02 Å². The Labute approximate surface area is 152 Å². The Hall–Kier alpha value is -3.03. The predicted octanol–water partition coefficient (Wildman–Crippen LogP) is 3.77. The van der Waals surface area contributed by atoms with Gasteiger partial charge in [-0.05, 0) is 43.2 Å². The van der Waals surface area contributed by atoms with E-state index in [1.807, 2.05) is 54.9 Å². The molecule has 3 rings (SSSR count). The summed E-state index contributed by atoms with van der Waals surface area (Å²) in [6.07, 6.45) is 1.80. The van der Waals surface area contributed by atoms with Crippen LogP contribution in [0.3, 0.4) is 0 Å². The number of hydrogen-bond donors (Lipinski definition) is 1. The molecule has 5 heteroatoms. The maximum Gasteiger partial charge on any atom is 0.186 e. The third-order valence-corrected chi connectivity index (χ3v) is 3.96. The summed E-state index contributed by atoms with van der Waals surface area (Å²) in [6.45, 7) is 5.77. The van der Waals surface area contributed by atoms with Gasteiger partial charge in [-0.25, -0.2) is 4.98 Å². The SMILES string of the molecule is C=C(N)c1nc(C#Cc2cccc(Cl)c2)n(C)c1-c1ccc(C)nc1. The van der Waals surface area contributed by atoms with Crippen molar-refractivity contribution in [2.45, 2.75) is 6.92 Å². The van der Waals surface area contributed by atoms with Crippen molar-refractivity contribution < 1.29 is 0 Å². The number of nitrogens with zero attached hydrogens (tertiary/aromatic N) is 3. The van der Waals surface area contributed by atoms with Gasteiger partial charge in [0.1, 0.15) is 5.69 Å². The van der Waals surface area contributed by atoms with Crippen molar-refractivity contribution in [2.75, 3.05) is 0 Å². The first-order chi connectivity index (χ1) is 12.0. The Morgan fingerprint density at radius 3 is 2.68 bits per heavy atom. The predicted molar refractivity (Wildman–Crippen MR) is 102 cm³/mol. The molecule has 0 saturated carbocycles. The lowest BCUT2D eigenvalue weighted by Gasteiger charge is -2.06. The van der Waals surface area contributed by atoms with Crippen LogP contribution in [0.1, 0.15) is 22.8 Å². The van der Waals surface area contributed by atoms with E-state index in [0.29, 0.717) is 22.2 Å². The summed E-state index contributed by atoms with van der Waals surface area (Å²) in [5.74, 6) is 6.75. The fraction of sp³-hybridized carbons (Fsp3) is 0.100. The zero-order valence-electron chi connectivity index (χ0n) is 14.0. The molecule has 0 bridgehead atoms. The minimum atomic E-state index is 0.391. The molecule has 0 atom stereocenters. The van der Waals surface area contributed by atoms with Gasteiger partial charge < -0.3 is 10.3 Å². The van der Waals surface area contributed by atoms with E-state index in [2.05, 4.69) is 28.4 Å². The largest absolute Gasteiger partial charge is 0.397 e. The van der Waals surface area contributed by atoms with Crippen LogP contribution in [0.5, 0.6) is 0 Å². The molecule has 0 radical (unpaired) electrons. The zero-order chi connectivity index (χ0) is 18.0. The average Bonchev–Trinajstić information content (AvgIpc) is 2.91. The second-order valence-corrected chi connectivity index (χ2v) is 6.10. The molecule has 0 amide bonds. The average molecular weight is 349 g/mol. The van der Waals surface area contributed by atoms with Gasteiger partial charge in [0.05, 0.1) is 11.4 Å². The van der Waals surface area contributed by atoms with E-state index >= 15 is 0 Å². The maximum absolute atomic E-state index is 6.00. The molecule has 0 unspecified atom stereocenters. The van der Waals surface area contributed by atoms with E-state index in [1.165, 1.54) is 0 Å². The standard InChI is InChI=1S/C20H17ClN4/c1-13-7-9-16(12-23-13)20-19(14(2)22)24-18(25(20)3)10-8-15-5-4-6-17(21)11-15/h4-7,9,11-12H,2,22H2,1,3H3. The lowest BCUT2D eigenvalue weighted by molar-refractivity contribution is 0.900. The summed E-state index contributed by atoms with van der Waals surface area (Å²) in [4.78, 5) is 8.90. The summed E-state index contributed by atoms with van der Waals surface area (Å²) in [7, 11) is 1.90. The second-order valence-electron chi connectivity index (χ2n) is 5.67. The Morgan fingerprint density at radius 1 is 1.24 bits per heavy atom. The summed E-state index contributed by atoms with van der Waals surface area (Å²) in [5, 5.41) is 0.647. The number of aryl methyl sites for hydroxylation is 1. The first kappa shape index (κ1) is 16.8. The van der Waals surface area contributed by atoms with Crippen molar-refractivity contribution in [2.24, 2.45) is 12.8 Å². The monoisotopic (exact) mass is 348 g/mol. The molecule has 124 valence electrons. The van der Waals surface area contributed by atoms with Gasteiger partial charge in [-0.15, -0.1) is 0 Å². The topological polar surface area (TPSA) is 56.7 Å². The van der Waals surface area contributed by atoms with Crippen LogP contribution < -0.4 is 5.73 Å². The minimum absolute atomic E-state index is 0.391. The summed E-state index contributed by atoms with van der Waals surface area (Å²) in [6, 6.07) is 11.3. The lowest BCUT2D eigenvalue weighted by atomic mass is 10.1. The number of aromatic nitrogens is 3. The van der Waals surface area contributed by atoms with Gasteiger partial charge in [-0.3, -0.25) is 4.98 Å². The first-order valence-corrected chi connectivity index (χ1v) is 8.05. The van der Waals surface area contributed by atoms with Crippen LogP contribution in [-0.2, 0) is 7.05 Å². The fourth-order valence-electron chi connectivity index (χ4n) is 2.47. The number of benzene rings is 1. The second kappa shape index (κ2) is 6.84. The number of imidazole rings is 1. The van der Waals surface area contributed by atoms with E-state index in [0.717, 1.165) is 22.5 Å². The molecule has 4 nitrogen and oxygen atoms in total. The molecular formula is C20H17ClN4. The van der Waals surface area contributed by atoms with Crippen molar-refractivity contribution in [3.8, 4) is 23.1 Å². The molecule has 2 N–H and O–H groups in total. The number of rotatable bonds is 2. The quantitative estimate of drug-likeness (QED) is 0.717. The van der Waals surface area contributed by atoms with Gasteiger partial charge in [0, 0.05) is 35.1 Å². The van der Waals surface area contributed by atoms with Crippen molar-refractivity contribution in [1.82, 2.24) is 14.5 Å². The summed E-state index contributed by atoms with van der Waals surface area (Å²) < 4.78 is 1.90. The smallest absolute Gasteiger partial charge is 0.186 e. The highest BCUT2D eigenvalue weighted by atomic mass is 35.5. The normalized spacial score (nSPS) is 10.2. The van der Waals surface area contributed by atoms with Gasteiger partial charge in [-0.1, -0.05) is 30.2 Å². The fourth-order valence-corrected chi connectivity index (χ4v) is 2.66. The highest BCUT2D eigenvalue weighted by Gasteiger charge is 2.16. The van der Waals surface area contributed by atoms with Crippen LogP contribution in [-0.4, -0.2) is 14.5 Å². The Bertz CT molecular complexity index is 1000. The zero-order valence-corrected chi connectivity index (χ0v) is 14.8.